The smallest absolute Gasteiger partial charge is 0.334 e. The Labute approximate surface area is 156 Å². The summed E-state index contributed by atoms with van der Waals surface area (Å²) >= 11 is 6.10. The van der Waals surface area contributed by atoms with Gasteiger partial charge in [-0.3, -0.25) is 15.0 Å². The topological polar surface area (TPSA) is 67.4 Å². The second-order valence-electron chi connectivity index (χ2n) is 6.32. The highest BCUT2D eigenvalue weighted by molar-refractivity contribution is 6.31. The average Bonchev–Trinajstić information content (AvgIpc) is 2.95. The van der Waals surface area contributed by atoms with Crippen LogP contribution in [0.2, 0.25) is 5.02 Å². The van der Waals surface area contributed by atoms with E-state index in [1.54, 1.807) is 23.9 Å². The van der Waals surface area contributed by atoms with Gasteiger partial charge in [0, 0.05) is 50.4 Å². The Kier molecular flexibility index (Phi) is 5.43. The summed E-state index contributed by atoms with van der Waals surface area (Å²) in [4.78, 5) is 15.2. The summed E-state index contributed by atoms with van der Waals surface area (Å²) < 4.78 is 15.6. The SMILES string of the molecule is CCc1nn(C)c(N2CCN(Cc3c(F)cccc3Cl)CC2)c1[N+](=O)[O-]. The van der Waals surface area contributed by atoms with Crippen molar-refractivity contribution >= 4 is 23.1 Å². The van der Waals surface area contributed by atoms with Gasteiger partial charge in [-0.25, -0.2) is 9.07 Å². The number of anilines is 1. The van der Waals surface area contributed by atoms with Crippen LogP contribution in [-0.4, -0.2) is 45.8 Å². The number of aromatic nitrogens is 2. The molecule has 1 fully saturated rings. The van der Waals surface area contributed by atoms with E-state index in [2.05, 4.69) is 10.00 Å². The molecule has 2 aromatic rings. The maximum Gasteiger partial charge on any atom is 0.334 e. The summed E-state index contributed by atoms with van der Waals surface area (Å²) in [6.45, 7) is 4.82. The Balaban J connectivity index is 1.73. The van der Waals surface area contributed by atoms with Crippen LogP contribution in [0.3, 0.4) is 0 Å². The van der Waals surface area contributed by atoms with E-state index in [0.717, 1.165) is 0 Å². The summed E-state index contributed by atoms with van der Waals surface area (Å²) in [6.07, 6.45) is 0.510. The molecule has 2 heterocycles. The van der Waals surface area contributed by atoms with Crippen molar-refractivity contribution in [1.82, 2.24) is 14.7 Å². The summed E-state index contributed by atoms with van der Waals surface area (Å²) in [6, 6.07) is 4.68. The van der Waals surface area contributed by atoms with Crippen LogP contribution in [0.25, 0.3) is 0 Å². The lowest BCUT2D eigenvalue weighted by molar-refractivity contribution is -0.384. The zero-order valence-corrected chi connectivity index (χ0v) is 15.5. The fraction of sp³-hybridized carbons (Fsp3) is 0.471. The largest absolute Gasteiger partial charge is 0.349 e. The molecular formula is C17H21ClFN5O2. The van der Waals surface area contributed by atoms with Gasteiger partial charge in [-0.15, -0.1) is 0 Å². The van der Waals surface area contributed by atoms with E-state index < -0.39 is 0 Å². The van der Waals surface area contributed by atoms with E-state index in [1.165, 1.54) is 6.07 Å². The third kappa shape index (κ3) is 3.52. The normalized spacial score (nSPS) is 15.5. The number of halogens is 2. The molecule has 0 unspecified atom stereocenters. The lowest BCUT2D eigenvalue weighted by atomic mass is 10.1. The van der Waals surface area contributed by atoms with Gasteiger partial charge in [0.2, 0.25) is 5.82 Å². The van der Waals surface area contributed by atoms with Crippen molar-refractivity contribution in [2.45, 2.75) is 19.9 Å². The molecule has 0 N–H and O–H groups in total. The molecule has 1 saturated heterocycles. The Morgan fingerprint density at radius 1 is 1.31 bits per heavy atom. The number of rotatable bonds is 5. The van der Waals surface area contributed by atoms with Gasteiger partial charge in [-0.1, -0.05) is 24.6 Å². The maximum atomic E-state index is 14.0. The molecule has 1 aromatic heterocycles. The lowest BCUT2D eigenvalue weighted by Crippen LogP contribution is -2.46. The molecule has 1 aromatic carbocycles. The summed E-state index contributed by atoms with van der Waals surface area (Å²) in [5, 5.41) is 16.2. The number of nitro groups is 1. The molecule has 9 heteroatoms. The third-order valence-corrected chi connectivity index (χ3v) is 5.05. The van der Waals surface area contributed by atoms with Gasteiger partial charge in [0.1, 0.15) is 11.5 Å². The monoisotopic (exact) mass is 381 g/mol. The van der Waals surface area contributed by atoms with Crippen molar-refractivity contribution in [3.8, 4) is 0 Å². The molecule has 0 amide bonds. The Hall–Kier alpha value is -2.19. The first kappa shape index (κ1) is 18.6. The molecule has 26 heavy (non-hydrogen) atoms. The van der Waals surface area contributed by atoms with E-state index in [-0.39, 0.29) is 16.4 Å². The molecule has 0 radical (unpaired) electrons. The molecule has 1 aliphatic heterocycles. The second-order valence-corrected chi connectivity index (χ2v) is 6.72. The van der Waals surface area contributed by atoms with Crippen LogP contribution in [0.1, 0.15) is 18.2 Å². The third-order valence-electron chi connectivity index (χ3n) is 4.70. The zero-order valence-electron chi connectivity index (χ0n) is 14.8. The molecule has 7 nitrogen and oxygen atoms in total. The standard InChI is InChI=1S/C17H21ClFN5O2/c1-3-15-16(24(25)26)17(21(2)20-15)23-9-7-22(8-10-23)11-12-13(18)5-4-6-14(12)19/h4-6H,3,7-11H2,1-2H3. The first-order chi connectivity index (χ1) is 12.4. The first-order valence-corrected chi connectivity index (χ1v) is 8.90. The number of benzene rings is 1. The Morgan fingerprint density at radius 2 is 2.00 bits per heavy atom. The van der Waals surface area contributed by atoms with Gasteiger partial charge in [-0.2, -0.15) is 5.10 Å². The van der Waals surface area contributed by atoms with Crippen molar-refractivity contribution < 1.29 is 9.31 Å². The fourth-order valence-corrected chi connectivity index (χ4v) is 3.59. The summed E-state index contributed by atoms with van der Waals surface area (Å²) in [7, 11) is 1.73. The van der Waals surface area contributed by atoms with Crippen LogP contribution >= 0.6 is 11.6 Å². The number of hydrogen-bond acceptors (Lipinski definition) is 5. The van der Waals surface area contributed by atoms with Crippen LogP contribution in [0.5, 0.6) is 0 Å². The van der Waals surface area contributed by atoms with E-state index in [4.69, 9.17) is 11.6 Å². The van der Waals surface area contributed by atoms with Crippen molar-refractivity contribution in [2.24, 2.45) is 7.05 Å². The zero-order chi connectivity index (χ0) is 18.8. The molecule has 0 saturated carbocycles. The van der Waals surface area contributed by atoms with Gasteiger partial charge < -0.3 is 4.90 Å². The van der Waals surface area contributed by atoms with Gasteiger partial charge in [0.15, 0.2) is 0 Å². The number of hydrogen-bond donors (Lipinski definition) is 0. The highest BCUT2D eigenvalue weighted by Crippen LogP contribution is 2.32. The van der Waals surface area contributed by atoms with Crippen LogP contribution < -0.4 is 4.90 Å². The van der Waals surface area contributed by atoms with E-state index in [0.29, 0.717) is 61.2 Å². The predicted octanol–water partition coefficient (Wildman–Crippen LogP) is 3.01. The summed E-state index contributed by atoms with van der Waals surface area (Å²) in [5.74, 6) is 0.227. The average molecular weight is 382 g/mol. The Morgan fingerprint density at radius 3 is 2.58 bits per heavy atom. The number of piperazine rings is 1. The van der Waals surface area contributed by atoms with E-state index in [9.17, 15) is 14.5 Å². The van der Waals surface area contributed by atoms with Crippen molar-refractivity contribution in [2.75, 3.05) is 31.1 Å². The minimum atomic E-state index is -0.355. The van der Waals surface area contributed by atoms with Gasteiger partial charge in [0.25, 0.3) is 0 Å². The molecule has 0 spiro atoms. The molecule has 140 valence electrons. The molecule has 3 rings (SSSR count). The number of nitrogens with zero attached hydrogens (tertiary/aromatic N) is 5. The summed E-state index contributed by atoms with van der Waals surface area (Å²) in [5.41, 5.74) is 1.07. The highest BCUT2D eigenvalue weighted by atomic mass is 35.5. The molecule has 0 aliphatic carbocycles. The van der Waals surface area contributed by atoms with Crippen LogP contribution in [-0.2, 0) is 20.0 Å². The predicted molar refractivity (Wildman–Crippen MR) is 98.1 cm³/mol. The van der Waals surface area contributed by atoms with Crippen molar-refractivity contribution in [3.05, 3.63) is 50.4 Å². The second kappa shape index (κ2) is 7.59. The van der Waals surface area contributed by atoms with Crippen LogP contribution in [0, 0.1) is 15.9 Å². The fourth-order valence-electron chi connectivity index (χ4n) is 3.36. The lowest BCUT2D eigenvalue weighted by Gasteiger charge is -2.35. The first-order valence-electron chi connectivity index (χ1n) is 8.52. The Bertz CT molecular complexity index is 797. The minimum Gasteiger partial charge on any atom is -0.349 e. The number of aryl methyl sites for hydroxylation is 2. The van der Waals surface area contributed by atoms with Crippen molar-refractivity contribution in [1.29, 1.82) is 0 Å². The van der Waals surface area contributed by atoms with Gasteiger partial charge in [0.05, 0.1) is 4.92 Å². The minimum absolute atomic E-state index is 0.0839. The van der Waals surface area contributed by atoms with E-state index >= 15 is 0 Å². The van der Waals surface area contributed by atoms with Gasteiger partial charge in [-0.05, 0) is 18.6 Å². The molecule has 1 aliphatic rings. The molecular weight excluding hydrogens is 361 g/mol. The van der Waals surface area contributed by atoms with Crippen molar-refractivity contribution in [3.63, 3.8) is 0 Å². The van der Waals surface area contributed by atoms with Crippen LogP contribution in [0.4, 0.5) is 15.9 Å². The molecule has 0 bridgehead atoms. The van der Waals surface area contributed by atoms with E-state index in [1.807, 2.05) is 11.8 Å². The molecule has 0 atom stereocenters. The van der Waals surface area contributed by atoms with Gasteiger partial charge >= 0.3 is 5.69 Å². The highest BCUT2D eigenvalue weighted by Gasteiger charge is 2.31. The maximum absolute atomic E-state index is 14.0. The van der Waals surface area contributed by atoms with Crippen LogP contribution in [0.15, 0.2) is 18.2 Å². The quantitative estimate of drug-likeness (QED) is 0.588.